The molecule has 0 bridgehead atoms. The van der Waals surface area contributed by atoms with Gasteiger partial charge in [-0.3, -0.25) is 4.79 Å². The van der Waals surface area contributed by atoms with Crippen LogP contribution in [0.1, 0.15) is 19.8 Å². The third-order valence-corrected chi connectivity index (χ3v) is 1.56. The van der Waals surface area contributed by atoms with Gasteiger partial charge in [-0.2, -0.15) is 13.2 Å². The zero-order chi connectivity index (χ0) is 9.78. The lowest BCUT2D eigenvalue weighted by molar-refractivity contribution is -0.138. The standard InChI is InChI=1S/C7H12F3NO/c1-5(12)6(11-2)3-4-7(8,9)10/h6,11H,3-4H2,1-2H3. The van der Waals surface area contributed by atoms with Gasteiger partial charge in [-0.25, -0.2) is 0 Å². The highest BCUT2D eigenvalue weighted by atomic mass is 19.4. The highest BCUT2D eigenvalue weighted by molar-refractivity contribution is 5.81. The van der Waals surface area contributed by atoms with Crippen LogP contribution in [0.5, 0.6) is 0 Å². The van der Waals surface area contributed by atoms with Crippen LogP contribution in [-0.2, 0) is 4.79 Å². The zero-order valence-electron chi connectivity index (χ0n) is 7.03. The highest BCUT2D eigenvalue weighted by Crippen LogP contribution is 2.22. The van der Waals surface area contributed by atoms with Gasteiger partial charge >= 0.3 is 6.18 Å². The molecule has 0 aromatic heterocycles. The molecule has 0 aliphatic carbocycles. The van der Waals surface area contributed by atoms with E-state index in [2.05, 4.69) is 5.32 Å². The van der Waals surface area contributed by atoms with Crippen molar-refractivity contribution >= 4 is 5.78 Å². The van der Waals surface area contributed by atoms with Gasteiger partial charge in [0.05, 0.1) is 6.04 Å². The first-order valence-corrected chi connectivity index (χ1v) is 3.61. The van der Waals surface area contributed by atoms with Gasteiger partial charge in [0, 0.05) is 6.42 Å². The minimum Gasteiger partial charge on any atom is -0.311 e. The number of alkyl halides is 3. The molecule has 72 valence electrons. The Morgan fingerprint density at radius 3 is 2.25 bits per heavy atom. The van der Waals surface area contributed by atoms with Gasteiger partial charge in [-0.15, -0.1) is 0 Å². The molecule has 0 rings (SSSR count). The summed E-state index contributed by atoms with van der Waals surface area (Å²) in [6.45, 7) is 1.28. The molecule has 0 radical (unpaired) electrons. The number of ketones is 1. The first kappa shape index (κ1) is 11.4. The zero-order valence-corrected chi connectivity index (χ0v) is 7.03. The highest BCUT2D eigenvalue weighted by Gasteiger charge is 2.28. The van der Waals surface area contributed by atoms with Crippen LogP contribution in [-0.4, -0.2) is 25.0 Å². The lowest BCUT2D eigenvalue weighted by Gasteiger charge is -2.13. The summed E-state index contributed by atoms with van der Waals surface area (Å²) in [4.78, 5) is 10.7. The number of carbonyl (C=O) groups is 1. The van der Waals surface area contributed by atoms with E-state index in [1.807, 2.05) is 0 Å². The van der Waals surface area contributed by atoms with Crippen molar-refractivity contribution in [3.63, 3.8) is 0 Å². The Hall–Kier alpha value is -0.580. The van der Waals surface area contributed by atoms with Crippen molar-refractivity contribution < 1.29 is 18.0 Å². The predicted molar refractivity (Wildman–Crippen MR) is 38.8 cm³/mol. The molecule has 0 spiro atoms. The monoisotopic (exact) mass is 183 g/mol. The molecule has 0 saturated carbocycles. The van der Waals surface area contributed by atoms with Crippen LogP contribution in [0.2, 0.25) is 0 Å². The van der Waals surface area contributed by atoms with E-state index in [4.69, 9.17) is 0 Å². The Labute approximate surface area is 69.1 Å². The quantitative estimate of drug-likeness (QED) is 0.715. The molecule has 0 aliphatic rings. The number of Topliss-reactive ketones (excluding diaryl/α,β-unsaturated/α-hetero) is 1. The largest absolute Gasteiger partial charge is 0.389 e. The van der Waals surface area contributed by atoms with E-state index in [1.54, 1.807) is 0 Å². The fraction of sp³-hybridized carbons (Fsp3) is 0.857. The van der Waals surface area contributed by atoms with E-state index in [1.165, 1.54) is 14.0 Å². The van der Waals surface area contributed by atoms with Gasteiger partial charge in [0.2, 0.25) is 0 Å². The molecule has 1 unspecified atom stereocenters. The SMILES string of the molecule is CNC(CCC(F)(F)F)C(C)=O. The normalized spacial score (nSPS) is 14.4. The molecule has 2 nitrogen and oxygen atoms in total. The summed E-state index contributed by atoms with van der Waals surface area (Å²) in [7, 11) is 1.47. The van der Waals surface area contributed by atoms with Crippen LogP contribution in [0, 0.1) is 0 Å². The molecule has 12 heavy (non-hydrogen) atoms. The van der Waals surface area contributed by atoms with E-state index >= 15 is 0 Å². The Bertz CT molecular complexity index is 155. The average Bonchev–Trinajstić information content (AvgIpc) is 1.85. The third-order valence-electron chi connectivity index (χ3n) is 1.56. The van der Waals surface area contributed by atoms with Crippen LogP contribution in [0.25, 0.3) is 0 Å². The topological polar surface area (TPSA) is 29.1 Å². The van der Waals surface area contributed by atoms with Crippen molar-refractivity contribution in [3.8, 4) is 0 Å². The Morgan fingerprint density at radius 1 is 1.50 bits per heavy atom. The van der Waals surface area contributed by atoms with Gasteiger partial charge in [0.15, 0.2) is 0 Å². The lowest BCUT2D eigenvalue weighted by Crippen LogP contribution is -2.33. The Balaban J connectivity index is 3.81. The second-order valence-electron chi connectivity index (χ2n) is 2.61. The summed E-state index contributed by atoms with van der Waals surface area (Å²) in [5.41, 5.74) is 0. The van der Waals surface area contributed by atoms with Crippen molar-refractivity contribution in [2.24, 2.45) is 0 Å². The summed E-state index contributed by atoms with van der Waals surface area (Å²) < 4.78 is 35.0. The summed E-state index contributed by atoms with van der Waals surface area (Å²) in [5, 5.41) is 2.52. The number of likely N-dealkylation sites (N-methyl/N-ethyl adjacent to an activating group) is 1. The fourth-order valence-electron chi connectivity index (χ4n) is 0.859. The van der Waals surface area contributed by atoms with Crippen molar-refractivity contribution in [1.82, 2.24) is 5.32 Å². The Kier molecular flexibility index (Phi) is 4.23. The molecule has 0 aliphatic heterocycles. The maximum atomic E-state index is 11.7. The number of nitrogens with one attached hydrogen (secondary N) is 1. The van der Waals surface area contributed by atoms with Gasteiger partial charge in [0.1, 0.15) is 5.78 Å². The first-order valence-electron chi connectivity index (χ1n) is 3.61. The number of hydrogen-bond donors (Lipinski definition) is 1. The molecular weight excluding hydrogens is 171 g/mol. The van der Waals surface area contributed by atoms with Crippen LogP contribution >= 0.6 is 0 Å². The van der Waals surface area contributed by atoms with Gasteiger partial charge < -0.3 is 5.32 Å². The molecule has 1 atom stereocenters. The van der Waals surface area contributed by atoms with Crippen molar-refractivity contribution in [2.45, 2.75) is 32.0 Å². The number of carbonyl (C=O) groups excluding carboxylic acids is 1. The number of rotatable bonds is 4. The van der Waals surface area contributed by atoms with Crippen molar-refractivity contribution in [1.29, 1.82) is 0 Å². The third kappa shape index (κ3) is 5.12. The predicted octanol–water partition coefficient (Wildman–Crippen LogP) is 1.51. The maximum absolute atomic E-state index is 11.7. The molecule has 5 heteroatoms. The maximum Gasteiger partial charge on any atom is 0.389 e. The molecule has 0 heterocycles. The molecule has 0 aromatic carbocycles. The van der Waals surface area contributed by atoms with Gasteiger partial charge in [-0.1, -0.05) is 0 Å². The van der Waals surface area contributed by atoms with Crippen molar-refractivity contribution in [2.75, 3.05) is 7.05 Å². The second-order valence-corrected chi connectivity index (χ2v) is 2.61. The minimum absolute atomic E-state index is 0.185. The number of halogens is 3. The summed E-state index contributed by atoms with van der Waals surface area (Å²) in [6.07, 6.45) is -5.28. The summed E-state index contributed by atoms with van der Waals surface area (Å²) in [5.74, 6) is -0.262. The van der Waals surface area contributed by atoms with Gasteiger partial charge in [-0.05, 0) is 20.4 Å². The summed E-state index contributed by atoms with van der Waals surface area (Å²) in [6, 6.07) is -0.674. The minimum atomic E-state index is -4.18. The van der Waals surface area contributed by atoms with Crippen LogP contribution in [0.3, 0.4) is 0 Å². The molecule has 0 aromatic rings. The van der Waals surface area contributed by atoms with Crippen LogP contribution < -0.4 is 5.32 Å². The molecule has 0 saturated heterocycles. The summed E-state index contributed by atoms with van der Waals surface area (Å²) >= 11 is 0. The lowest BCUT2D eigenvalue weighted by atomic mass is 10.1. The van der Waals surface area contributed by atoms with E-state index in [0.29, 0.717) is 0 Å². The van der Waals surface area contributed by atoms with E-state index in [9.17, 15) is 18.0 Å². The van der Waals surface area contributed by atoms with E-state index < -0.39 is 18.6 Å². The van der Waals surface area contributed by atoms with Crippen LogP contribution in [0.15, 0.2) is 0 Å². The van der Waals surface area contributed by atoms with Gasteiger partial charge in [0.25, 0.3) is 0 Å². The van der Waals surface area contributed by atoms with E-state index in [-0.39, 0.29) is 12.2 Å². The fourth-order valence-corrected chi connectivity index (χ4v) is 0.859. The molecule has 0 fully saturated rings. The van der Waals surface area contributed by atoms with E-state index in [0.717, 1.165) is 0 Å². The number of hydrogen-bond acceptors (Lipinski definition) is 2. The molecule has 1 N–H and O–H groups in total. The average molecular weight is 183 g/mol. The first-order chi connectivity index (χ1) is 5.37. The smallest absolute Gasteiger partial charge is 0.311 e. The second kappa shape index (κ2) is 4.45. The Morgan fingerprint density at radius 2 is 2.00 bits per heavy atom. The van der Waals surface area contributed by atoms with Crippen molar-refractivity contribution in [3.05, 3.63) is 0 Å². The van der Waals surface area contributed by atoms with Crippen LogP contribution in [0.4, 0.5) is 13.2 Å². The molecular formula is C7H12F3NO. The molecule has 0 amide bonds.